The molecule has 0 amide bonds. The Hall–Kier alpha value is -1.00. The number of hydrogen-bond acceptors (Lipinski definition) is 4. The molecular weight excluding hydrogens is 200 g/mol. The van der Waals surface area contributed by atoms with Crippen LogP contribution in [0.25, 0.3) is 0 Å². The smallest absolute Gasteiger partial charge is 0.115 e. The molecule has 0 spiro atoms. The topological polar surface area (TPSA) is 41.1 Å². The van der Waals surface area contributed by atoms with Gasteiger partial charge in [-0.05, 0) is 25.3 Å². The van der Waals surface area contributed by atoms with Crippen molar-refractivity contribution in [3.05, 3.63) is 24.3 Å². The molecule has 0 unspecified atom stereocenters. The van der Waals surface area contributed by atoms with Crippen molar-refractivity contribution in [2.45, 2.75) is 25.4 Å². The van der Waals surface area contributed by atoms with E-state index in [2.05, 4.69) is 20.2 Å². The molecule has 0 saturated carbocycles. The Morgan fingerprint density at radius 1 is 1.31 bits per heavy atom. The lowest BCUT2D eigenvalue weighted by Crippen LogP contribution is -2.40. The van der Waals surface area contributed by atoms with Gasteiger partial charge in [0.1, 0.15) is 6.33 Å². The molecule has 4 nitrogen and oxygen atoms in total. The molecule has 3 heterocycles. The normalized spacial score (nSPS) is 30.2. The lowest BCUT2D eigenvalue weighted by molar-refractivity contribution is 0.312. The number of aromatic nitrogens is 2. The minimum Gasteiger partial charge on any atom is -0.312 e. The summed E-state index contributed by atoms with van der Waals surface area (Å²) in [6.45, 7) is 4.60. The number of hydrogen-bond donors (Lipinski definition) is 1. The van der Waals surface area contributed by atoms with Gasteiger partial charge in [-0.25, -0.2) is 9.97 Å². The Morgan fingerprint density at radius 3 is 3.00 bits per heavy atom. The zero-order chi connectivity index (χ0) is 10.8. The van der Waals surface area contributed by atoms with Crippen molar-refractivity contribution < 1.29 is 0 Å². The van der Waals surface area contributed by atoms with Crippen LogP contribution in [0.1, 0.15) is 18.4 Å². The van der Waals surface area contributed by atoms with Crippen molar-refractivity contribution in [2.75, 3.05) is 19.6 Å². The van der Waals surface area contributed by atoms with Crippen LogP contribution >= 0.6 is 0 Å². The summed E-state index contributed by atoms with van der Waals surface area (Å²) in [6.07, 6.45) is 8.16. The van der Waals surface area contributed by atoms with Gasteiger partial charge in [0.15, 0.2) is 0 Å². The molecule has 1 N–H and O–H groups in total. The predicted molar refractivity (Wildman–Crippen MR) is 61.8 cm³/mol. The fourth-order valence-electron chi connectivity index (χ4n) is 2.93. The van der Waals surface area contributed by atoms with Gasteiger partial charge in [0, 0.05) is 43.6 Å². The van der Waals surface area contributed by atoms with Gasteiger partial charge in [-0.3, -0.25) is 4.90 Å². The van der Waals surface area contributed by atoms with Gasteiger partial charge in [0.25, 0.3) is 0 Å². The van der Waals surface area contributed by atoms with Crippen molar-refractivity contribution in [2.24, 2.45) is 5.92 Å². The van der Waals surface area contributed by atoms with E-state index in [9.17, 15) is 0 Å². The van der Waals surface area contributed by atoms with Gasteiger partial charge in [0.2, 0.25) is 0 Å². The molecule has 16 heavy (non-hydrogen) atoms. The monoisotopic (exact) mass is 218 g/mol. The molecule has 86 valence electrons. The number of rotatable bonds is 2. The van der Waals surface area contributed by atoms with Crippen molar-refractivity contribution in [3.63, 3.8) is 0 Å². The van der Waals surface area contributed by atoms with Crippen molar-refractivity contribution >= 4 is 0 Å². The quantitative estimate of drug-likeness (QED) is 0.792. The van der Waals surface area contributed by atoms with Gasteiger partial charge < -0.3 is 5.32 Å². The minimum absolute atomic E-state index is 0.721. The van der Waals surface area contributed by atoms with Crippen LogP contribution in [0.2, 0.25) is 0 Å². The average Bonchev–Trinajstić information content (AvgIpc) is 2.72. The third-order valence-corrected chi connectivity index (χ3v) is 3.70. The van der Waals surface area contributed by atoms with Crippen LogP contribution in [0.15, 0.2) is 18.7 Å². The molecule has 1 aromatic heterocycles. The van der Waals surface area contributed by atoms with Crippen LogP contribution in [0.3, 0.4) is 0 Å². The number of likely N-dealkylation sites (tertiary alicyclic amines) is 1. The van der Waals surface area contributed by atoms with Gasteiger partial charge in [-0.1, -0.05) is 0 Å². The first-order chi connectivity index (χ1) is 7.92. The Bertz CT molecular complexity index is 326. The van der Waals surface area contributed by atoms with E-state index in [0.29, 0.717) is 0 Å². The first-order valence-corrected chi connectivity index (χ1v) is 6.11. The van der Waals surface area contributed by atoms with E-state index in [1.807, 2.05) is 12.4 Å². The van der Waals surface area contributed by atoms with Gasteiger partial charge in [-0.2, -0.15) is 0 Å². The molecular formula is C12H18N4. The van der Waals surface area contributed by atoms with E-state index in [0.717, 1.165) is 18.5 Å². The Labute approximate surface area is 96.1 Å². The highest BCUT2D eigenvalue weighted by molar-refractivity contribution is 5.04. The van der Waals surface area contributed by atoms with Crippen LogP contribution in [0, 0.1) is 5.92 Å². The van der Waals surface area contributed by atoms with Crippen LogP contribution < -0.4 is 5.32 Å². The fraction of sp³-hybridized carbons (Fsp3) is 0.667. The Kier molecular flexibility index (Phi) is 2.84. The molecule has 4 heteroatoms. The summed E-state index contributed by atoms with van der Waals surface area (Å²) in [6, 6.07) is 0.721. The summed E-state index contributed by atoms with van der Waals surface area (Å²) >= 11 is 0. The number of nitrogens with one attached hydrogen (secondary N) is 1. The summed E-state index contributed by atoms with van der Waals surface area (Å²) in [4.78, 5) is 10.6. The summed E-state index contributed by atoms with van der Waals surface area (Å²) in [5.41, 5.74) is 1.22. The summed E-state index contributed by atoms with van der Waals surface area (Å²) in [5.74, 6) is 0.860. The molecule has 0 aromatic carbocycles. The molecule has 0 bridgehead atoms. The second-order valence-corrected chi connectivity index (χ2v) is 4.90. The molecule has 2 fully saturated rings. The zero-order valence-corrected chi connectivity index (χ0v) is 9.47. The molecule has 2 saturated heterocycles. The highest BCUT2D eigenvalue weighted by atomic mass is 15.2. The zero-order valence-electron chi connectivity index (χ0n) is 9.47. The molecule has 1 aromatic rings. The summed E-state index contributed by atoms with van der Waals surface area (Å²) in [5, 5.41) is 3.62. The molecule has 2 aliphatic rings. The number of piperidine rings is 1. The molecule has 0 radical (unpaired) electrons. The Balaban J connectivity index is 1.61. The predicted octanol–water partition coefficient (Wildman–Crippen LogP) is 0.660. The van der Waals surface area contributed by atoms with Crippen LogP contribution in [0.4, 0.5) is 0 Å². The van der Waals surface area contributed by atoms with Gasteiger partial charge in [-0.15, -0.1) is 0 Å². The molecule has 2 atom stereocenters. The van der Waals surface area contributed by atoms with E-state index in [1.165, 1.54) is 38.0 Å². The summed E-state index contributed by atoms with van der Waals surface area (Å²) in [7, 11) is 0. The lowest BCUT2D eigenvalue weighted by atomic mass is 9.94. The van der Waals surface area contributed by atoms with Crippen molar-refractivity contribution in [3.8, 4) is 0 Å². The largest absolute Gasteiger partial charge is 0.312 e. The molecule has 0 aliphatic carbocycles. The first-order valence-electron chi connectivity index (χ1n) is 6.11. The maximum Gasteiger partial charge on any atom is 0.115 e. The third-order valence-electron chi connectivity index (χ3n) is 3.70. The first kappa shape index (κ1) is 10.2. The van der Waals surface area contributed by atoms with Crippen molar-refractivity contribution in [1.29, 1.82) is 0 Å². The Morgan fingerprint density at radius 2 is 2.19 bits per heavy atom. The second-order valence-electron chi connectivity index (χ2n) is 4.90. The van der Waals surface area contributed by atoms with E-state index < -0.39 is 0 Å². The third kappa shape index (κ3) is 2.08. The molecule has 2 aliphatic heterocycles. The molecule has 3 rings (SSSR count). The van der Waals surface area contributed by atoms with Gasteiger partial charge >= 0.3 is 0 Å². The average molecular weight is 218 g/mol. The van der Waals surface area contributed by atoms with Gasteiger partial charge in [0.05, 0.1) is 0 Å². The van der Waals surface area contributed by atoms with Crippen LogP contribution in [0.5, 0.6) is 0 Å². The lowest BCUT2D eigenvalue weighted by Gasteiger charge is -2.24. The SMILES string of the molecule is c1ncc(CN2C[C@@H]3CCCN[C@@H]3C2)cn1. The summed E-state index contributed by atoms with van der Waals surface area (Å²) < 4.78 is 0. The highest BCUT2D eigenvalue weighted by Crippen LogP contribution is 2.25. The standard InChI is InChI=1S/C12H18N4/c1-2-11-7-16(8-12(11)15-3-1)6-10-4-13-9-14-5-10/h4-5,9,11-12,15H,1-3,6-8H2/t11-,12+/m0/s1. The van der Waals surface area contributed by atoms with E-state index in [4.69, 9.17) is 0 Å². The maximum absolute atomic E-state index is 4.06. The van der Waals surface area contributed by atoms with Crippen LogP contribution in [-0.4, -0.2) is 40.5 Å². The van der Waals surface area contributed by atoms with Crippen LogP contribution in [-0.2, 0) is 6.54 Å². The maximum atomic E-state index is 4.06. The minimum atomic E-state index is 0.721. The van der Waals surface area contributed by atoms with E-state index >= 15 is 0 Å². The fourth-order valence-corrected chi connectivity index (χ4v) is 2.93. The number of nitrogens with zero attached hydrogens (tertiary/aromatic N) is 3. The number of fused-ring (bicyclic) bond motifs is 1. The van der Waals surface area contributed by atoms with Crippen molar-refractivity contribution in [1.82, 2.24) is 20.2 Å². The second kappa shape index (κ2) is 4.47. The van der Waals surface area contributed by atoms with E-state index in [1.54, 1.807) is 6.33 Å². The highest BCUT2D eigenvalue weighted by Gasteiger charge is 2.33. The van der Waals surface area contributed by atoms with E-state index in [-0.39, 0.29) is 0 Å².